The molecule has 0 saturated carbocycles. The molecular weight excluding hydrogens is 416 g/mol. The van der Waals surface area contributed by atoms with Crippen LogP contribution in [0, 0.1) is 5.82 Å². The number of hydrogen-bond donors (Lipinski definition) is 2. The maximum Gasteiger partial charge on any atom is 0.191 e. The van der Waals surface area contributed by atoms with Gasteiger partial charge in [-0.25, -0.2) is 9.38 Å². The average Bonchev–Trinajstić information content (AvgIpc) is 2.47. The molecule has 0 aliphatic heterocycles. The number of nitrogens with zero attached hydrogens (tertiary/aromatic N) is 1. The number of benzene rings is 1. The standard InChI is InChI=1S/C15H24FN3OS.HI/c1-4-17-15(18-7-8-20-2)19-10-12-5-6-14(16)9-13(12)11-21-3;/h5-6,9H,4,7-8,10-11H2,1-3H3,(H2,17,18,19);1H. The van der Waals surface area contributed by atoms with E-state index in [1.165, 1.54) is 6.07 Å². The largest absolute Gasteiger partial charge is 0.383 e. The van der Waals surface area contributed by atoms with Gasteiger partial charge in [0.1, 0.15) is 5.82 Å². The minimum Gasteiger partial charge on any atom is -0.383 e. The molecule has 0 fully saturated rings. The first-order valence-electron chi connectivity index (χ1n) is 6.98. The summed E-state index contributed by atoms with van der Waals surface area (Å²) in [6.45, 7) is 4.66. The van der Waals surface area contributed by atoms with Gasteiger partial charge >= 0.3 is 0 Å². The van der Waals surface area contributed by atoms with E-state index in [0.29, 0.717) is 19.7 Å². The molecular formula is C15H25FIN3OS. The number of ether oxygens (including phenoxy) is 1. The number of nitrogens with one attached hydrogen (secondary N) is 2. The molecule has 0 amide bonds. The van der Waals surface area contributed by atoms with Crippen molar-refractivity contribution in [1.82, 2.24) is 10.6 Å². The molecule has 0 unspecified atom stereocenters. The van der Waals surface area contributed by atoms with Crippen LogP contribution in [0.2, 0.25) is 0 Å². The second-order valence-electron chi connectivity index (χ2n) is 4.46. The van der Waals surface area contributed by atoms with Gasteiger partial charge in [0.05, 0.1) is 13.2 Å². The second kappa shape index (κ2) is 13.0. The van der Waals surface area contributed by atoms with Crippen LogP contribution in [0.3, 0.4) is 0 Å². The average molecular weight is 441 g/mol. The Bertz CT molecular complexity index is 460. The lowest BCUT2D eigenvalue weighted by Gasteiger charge is -2.12. The van der Waals surface area contributed by atoms with Crippen LogP contribution in [0.4, 0.5) is 4.39 Å². The summed E-state index contributed by atoms with van der Waals surface area (Å²) in [5.74, 6) is 1.34. The zero-order valence-corrected chi connectivity index (χ0v) is 16.5. The first-order chi connectivity index (χ1) is 10.2. The highest BCUT2D eigenvalue weighted by Crippen LogP contribution is 2.17. The molecule has 1 rings (SSSR count). The van der Waals surface area contributed by atoms with E-state index in [9.17, 15) is 4.39 Å². The fourth-order valence-corrected chi connectivity index (χ4v) is 2.40. The number of hydrogen-bond acceptors (Lipinski definition) is 3. The van der Waals surface area contributed by atoms with E-state index in [1.54, 1.807) is 24.9 Å². The zero-order valence-electron chi connectivity index (χ0n) is 13.3. The van der Waals surface area contributed by atoms with Crippen LogP contribution in [0.25, 0.3) is 0 Å². The highest BCUT2D eigenvalue weighted by atomic mass is 127. The minimum atomic E-state index is -0.197. The molecule has 0 aliphatic rings. The Morgan fingerprint density at radius 3 is 2.73 bits per heavy atom. The van der Waals surface area contributed by atoms with Crippen molar-refractivity contribution in [1.29, 1.82) is 0 Å². The van der Waals surface area contributed by atoms with Gasteiger partial charge in [-0.2, -0.15) is 11.8 Å². The van der Waals surface area contributed by atoms with Crippen molar-refractivity contribution in [3.05, 3.63) is 35.1 Å². The van der Waals surface area contributed by atoms with E-state index >= 15 is 0 Å². The van der Waals surface area contributed by atoms with Gasteiger partial charge in [-0.3, -0.25) is 0 Å². The third-order valence-corrected chi connectivity index (χ3v) is 3.42. The Balaban J connectivity index is 0.00000441. The molecule has 0 aromatic heterocycles. The van der Waals surface area contributed by atoms with Crippen molar-refractivity contribution in [3.63, 3.8) is 0 Å². The summed E-state index contributed by atoms with van der Waals surface area (Å²) in [4.78, 5) is 4.54. The molecule has 0 atom stereocenters. The van der Waals surface area contributed by atoms with E-state index < -0.39 is 0 Å². The first-order valence-corrected chi connectivity index (χ1v) is 8.38. The molecule has 0 spiro atoms. The number of halogens is 2. The summed E-state index contributed by atoms with van der Waals surface area (Å²) < 4.78 is 18.3. The van der Waals surface area contributed by atoms with Crippen LogP contribution < -0.4 is 10.6 Å². The van der Waals surface area contributed by atoms with Crippen LogP contribution in [0.15, 0.2) is 23.2 Å². The van der Waals surface area contributed by atoms with Crippen molar-refractivity contribution in [2.75, 3.05) is 33.1 Å². The maximum atomic E-state index is 13.3. The van der Waals surface area contributed by atoms with E-state index in [1.807, 2.05) is 19.2 Å². The lowest BCUT2D eigenvalue weighted by molar-refractivity contribution is 0.203. The SMILES string of the molecule is CCNC(=NCc1ccc(F)cc1CSC)NCCOC.I. The van der Waals surface area contributed by atoms with Crippen LogP contribution in [0.1, 0.15) is 18.1 Å². The smallest absolute Gasteiger partial charge is 0.191 e. The Morgan fingerprint density at radius 2 is 2.09 bits per heavy atom. The number of thioether (sulfide) groups is 1. The zero-order chi connectivity index (χ0) is 15.5. The minimum absolute atomic E-state index is 0. The third-order valence-electron chi connectivity index (χ3n) is 2.82. The molecule has 0 aliphatic carbocycles. The van der Waals surface area contributed by atoms with Crippen LogP contribution >= 0.6 is 35.7 Å². The number of methoxy groups -OCH3 is 1. The summed E-state index contributed by atoms with van der Waals surface area (Å²) in [5.41, 5.74) is 2.05. The fraction of sp³-hybridized carbons (Fsp3) is 0.533. The van der Waals surface area contributed by atoms with E-state index in [2.05, 4.69) is 15.6 Å². The topological polar surface area (TPSA) is 45.7 Å². The quantitative estimate of drug-likeness (QED) is 0.282. The maximum absolute atomic E-state index is 13.3. The second-order valence-corrected chi connectivity index (χ2v) is 5.33. The van der Waals surface area contributed by atoms with Gasteiger partial charge in [0.15, 0.2) is 5.96 Å². The molecule has 126 valence electrons. The van der Waals surface area contributed by atoms with Gasteiger partial charge in [0.25, 0.3) is 0 Å². The predicted molar refractivity (Wildman–Crippen MR) is 104 cm³/mol. The van der Waals surface area contributed by atoms with Gasteiger partial charge in [0, 0.05) is 26.0 Å². The molecule has 1 aromatic rings. The molecule has 4 nitrogen and oxygen atoms in total. The summed E-state index contributed by atoms with van der Waals surface area (Å²) in [6.07, 6.45) is 2.01. The van der Waals surface area contributed by atoms with Crippen molar-refractivity contribution in [3.8, 4) is 0 Å². The van der Waals surface area contributed by atoms with Gasteiger partial charge < -0.3 is 15.4 Å². The Kier molecular flexibility index (Phi) is 12.6. The molecule has 0 radical (unpaired) electrons. The fourth-order valence-electron chi connectivity index (χ4n) is 1.82. The number of aliphatic imine (C=N–C) groups is 1. The van der Waals surface area contributed by atoms with Gasteiger partial charge in [0.2, 0.25) is 0 Å². The Hall–Kier alpha value is -0.540. The summed E-state index contributed by atoms with van der Waals surface area (Å²) in [6, 6.07) is 4.88. The highest BCUT2D eigenvalue weighted by Gasteiger charge is 2.04. The van der Waals surface area contributed by atoms with Gasteiger partial charge in [-0.15, -0.1) is 24.0 Å². The lowest BCUT2D eigenvalue weighted by atomic mass is 10.1. The normalized spacial score (nSPS) is 11.0. The van der Waals surface area contributed by atoms with Gasteiger partial charge in [-0.1, -0.05) is 6.07 Å². The molecule has 1 aromatic carbocycles. The van der Waals surface area contributed by atoms with Crippen LogP contribution in [0.5, 0.6) is 0 Å². The molecule has 0 heterocycles. The molecule has 7 heteroatoms. The van der Waals surface area contributed by atoms with Crippen molar-refractivity contribution >= 4 is 41.7 Å². The summed E-state index contributed by atoms with van der Waals surface area (Å²) in [7, 11) is 1.67. The molecule has 22 heavy (non-hydrogen) atoms. The first kappa shape index (κ1) is 21.5. The Labute approximate surface area is 153 Å². The highest BCUT2D eigenvalue weighted by molar-refractivity contribution is 14.0. The van der Waals surface area contributed by atoms with E-state index in [4.69, 9.17) is 4.74 Å². The van der Waals surface area contributed by atoms with E-state index in [0.717, 1.165) is 29.4 Å². The van der Waals surface area contributed by atoms with Crippen molar-refractivity contribution in [2.24, 2.45) is 4.99 Å². The van der Waals surface area contributed by atoms with Crippen molar-refractivity contribution in [2.45, 2.75) is 19.2 Å². The monoisotopic (exact) mass is 441 g/mol. The third kappa shape index (κ3) is 8.19. The molecule has 0 bridgehead atoms. The van der Waals surface area contributed by atoms with Crippen LogP contribution in [-0.4, -0.2) is 39.0 Å². The summed E-state index contributed by atoms with van der Waals surface area (Å²) >= 11 is 1.68. The Morgan fingerprint density at radius 1 is 1.32 bits per heavy atom. The number of rotatable bonds is 8. The summed E-state index contributed by atoms with van der Waals surface area (Å²) in [5, 5.41) is 6.37. The van der Waals surface area contributed by atoms with Gasteiger partial charge in [-0.05, 0) is 36.4 Å². The lowest BCUT2D eigenvalue weighted by Crippen LogP contribution is -2.38. The van der Waals surface area contributed by atoms with Crippen LogP contribution in [-0.2, 0) is 17.0 Å². The predicted octanol–water partition coefficient (Wildman–Crippen LogP) is 3.01. The van der Waals surface area contributed by atoms with E-state index in [-0.39, 0.29) is 29.8 Å². The van der Waals surface area contributed by atoms with Crippen molar-refractivity contribution < 1.29 is 9.13 Å². The molecule has 0 saturated heterocycles. The number of guanidine groups is 1. The molecule has 2 N–H and O–H groups in total.